The van der Waals surface area contributed by atoms with E-state index in [0.29, 0.717) is 23.3 Å². The fourth-order valence-electron chi connectivity index (χ4n) is 2.84. The third-order valence-corrected chi connectivity index (χ3v) is 4.45. The third kappa shape index (κ3) is 4.89. The van der Waals surface area contributed by atoms with Gasteiger partial charge in [-0.3, -0.25) is 0 Å². The first-order valence-corrected chi connectivity index (χ1v) is 9.08. The molecule has 0 radical (unpaired) electrons. The molecule has 2 N–H and O–H groups in total. The molecule has 0 aliphatic rings. The highest BCUT2D eigenvalue weighted by Gasteiger charge is 2.09. The molecule has 0 amide bonds. The lowest BCUT2D eigenvalue weighted by atomic mass is 10.1. The minimum Gasteiger partial charge on any atom is -0.497 e. The van der Waals surface area contributed by atoms with Crippen LogP contribution in [0.4, 0.5) is 17.5 Å². The van der Waals surface area contributed by atoms with Crippen LogP contribution in [0.1, 0.15) is 22.4 Å². The largest absolute Gasteiger partial charge is 0.497 e. The van der Waals surface area contributed by atoms with Crippen LogP contribution in [0.25, 0.3) is 0 Å². The normalized spacial score (nSPS) is 10.6. The van der Waals surface area contributed by atoms with E-state index in [9.17, 15) is 0 Å². The lowest BCUT2D eigenvalue weighted by molar-refractivity contribution is 0.414. The molecule has 5 nitrogen and oxygen atoms in total. The number of hydrogen-bond acceptors (Lipinski definition) is 5. The first-order chi connectivity index (χ1) is 12.9. The maximum absolute atomic E-state index is 6.40. The van der Waals surface area contributed by atoms with E-state index >= 15 is 0 Å². The number of rotatable bonds is 6. The number of aryl methyl sites for hydroxylation is 3. The fourth-order valence-corrected chi connectivity index (χ4v) is 3.21. The average molecular weight is 383 g/mol. The van der Waals surface area contributed by atoms with Gasteiger partial charge in [0.1, 0.15) is 11.6 Å². The van der Waals surface area contributed by atoms with Gasteiger partial charge in [-0.2, -0.15) is 4.98 Å². The number of nitrogens with one attached hydrogen (secondary N) is 2. The van der Waals surface area contributed by atoms with Gasteiger partial charge in [-0.1, -0.05) is 29.8 Å². The van der Waals surface area contributed by atoms with Gasteiger partial charge in [0.25, 0.3) is 0 Å². The number of ether oxygens (including phenoxy) is 1. The van der Waals surface area contributed by atoms with Gasteiger partial charge in [0.05, 0.1) is 17.8 Å². The van der Waals surface area contributed by atoms with E-state index in [1.54, 1.807) is 7.11 Å². The van der Waals surface area contributed by atoms with E-state index in [-0.39, 0.29) is 0 Å². The second kappa shape index (κ2) is 8.27. The van der Waals surface area contributed by atoms with Gasteiger partial charge in [0.15, 0.2) is 0 Å². The van der Waals surface area contributed by atoms with Crippen molar-refractivity contribution < 1.29 is 4.74 Å². The molecule has 27 heavy (non-hydrogen) atoms. The molecule has 140 valence electrons. The first kappa shape index (κ1) is 19.0. The molecule has 0 spiro atoms. The van der Waals surface area contributed by atoms with Crippen molar-refractivity contribution in [1.29, 1.82) is 0 Å². The van der Waals surface area contributed by atoms with Gasteiger partial charge in [-0.25, -0.2) is 4.98 Å². The predicted octanol–water partition coefficient (Wildman–Crippen LogP) is 5.42. The van der Waals surface area contributed by atoms with Crippen LogP contribution in [0.2, 0.25) is 5.02 Å². The number of halogens is 1. The molecule has 6 heteroatoms. The standard InChI is InChI=1S/C21H23ClN4O/c1-13-9-14(2)20(18(22)10-13)25-19-11-15(3)24-21(26-19)23-12-16-5-7-17(27-4)8-6-16/h5-11H,12H2,1-4H3,(H2,23,24,25,26). The van der Waals surface area contributed by atoms with Crippen LogP contribution in [-0.4, -0.2) is 17.1 Å². The monoisotopic (exact) mass is 382 g/mol. The Hall–Kier alpha value is -2.79. The van der Waals surface area contributed by atoms with Gasteiger partial charge in [0, 0.05) is 18.3 Å². The SMILES string of the molecule is COc1ccc(CNc2nc(C)cc(Nc3c(C)cc(C)cc3Cl)n2)cc1. The molecule has 2 aromatic carbocycles. The van der Waals surface area contributed by atoms with E-state index in [1.165, 1.54) is 0 Å². The third-order valence-electron chi connectivity index (χ3n) is 4.15. The number of benzene rings is 2. The van der Waals surface area contributed by atoms with Crippen LogP contribution in [0, 0.1) is 20.8 Å². The highest BCUT2D eigenvalue weighted by Crippen LogP contribution is 2.30. The zero-order chi connectivity index (χ0) is 19.4. The number of methoxy groups -OCH3 is 1. The van der Waals surface area contributed by atoms with Crippen molar-refractivity contribution in [3.05, 3.63) is 69.9 Å². The van der Waals surface area contributed by atoms with Crippen LogP contribution in [-0.2, 0) is 6.54 Å². The minimum absolute atomic E-state index is 0.564. The summed E-state index contributed by atoms with van der Waals surface area (Å²) in [5.74, 6) is 2.10. The predicted molar refractivity (Wildman–Crippen MR) is 111 cm³/mol. The fraction of sp³-hybridized carbons (Fsp3) is 0.238. The molecule has 0 aliphatic carbocycles. The van der Waals surface area contributed by atoms with E-state index < -0.39 is 0 Å². The van der Waals surface area contributed by atoms with Crippen molar-refractivity contribution in [2.45, 2.75) is 27.3 Å². The van der Waals surface area contributed by atoms with Crippen LogP contribution >= 0.6 is 11.6 Å². The summed E-state index contributed by atoms with van der Waals surface area (Å²) >= 11 is 6.40. The molecule has 0 atom stereocenters. The Morgan fingerprint density at radius 2 is 1.74 bits per heavy atom. The molecule has 0 saturated heterocycles. The van der Waals surface area contributed by atoms with E-state index in [0.717, 1.165) is 33.8 Å². The molecule has 0 aliphatic heterocycles. The Kier molecular flexibility index (Phi) is 5.81. The summed E-state index contributed by atoms with van der Waals surface area (Å²) in [6.07, 6.45) is 0. The van der Waals surface area contributed by atoms with Crippen LogP contribution in [0.3, 0.4) is 0 Å². The van der Waals surface area contributed by atoms with Gasteiger partial charge >= 0.3 is 0 Å². The molecule has 3 rings (SSSR count). The molecular weight excluding hydrogens is 360 g/mol. The number of nitrogens with zero attached hydrogens (tertiary/aromatic N) is 2. The molecule has 0 saturated carbocycles. The summed E-state index contributed by atoms with van der Waals surface area (Å²) in [5.41, 5.74) is 5.05. The molecule has 0 unspecified atom stereocenters. The van der Waals surface area contributed by atoms with Gasteiger partial charge in [0.2, 0.25) is 5.95 Å². The maximum atomic E-state index is 6.40. The Morgan fingerprint density at radius 3 is 2.41 bits per heavy atom. The van der Waals surface area contributed by atoms with Gasteiger partial charge in [-0.05, 0) is 55.7 Å². The second-order valence-electron chi connectivity index (χ2n) is 6.48. The van der Waals surface area contributed by atoms with Crippen molar-refractivity contribution >= 4 is 29.1 Å². The summed E-state index contributed by atoms with van der Waals surface area (Å²) in [7, 11) is 1.66. The average Bonchev–Trinajstić information content (AvgIpc) is 2.63. The summed E-state index contributed by atoms with van der Waals surface area (Å²) in [5, 5.41) is 7.27. The summed E-state index contributed by atoms with van der Waals surface area (Å²) in [6.45, 7) is 6.61. The van der Waals surface area contributed by atoms with Crippen molar-refractivity contribution in [2.75, 3.05) is 17.7 Å². The van der Waals surface area contributed by atoms with Crippen molar-refractivity contribution in [1.82, 2.24) is 9.97 Å². The van der Waals surface area contributed by atoms with E-state index in [4.69, 9.17) is 16.3 Å². The zero-order valence-electron chi connectivity index (χ0n) is 15.9. The van der Waals surface area contributed by atoms with Crippen molar-refractivity contribution in [2.24, 2.45) is 0 Å². The van der Waals surface area contributed by atoms with Crippen LogP contribution < -0.4 is 15.4 Å². The van der Waals surface area contributed by atoms with Crippen LogP contribution in [0.5, 0.6) is 5.75 Å². The van der Waals surface area contributed by atoms with Gasteiger partial charge < -0.3 is 15.4 Å². The summed E-state index contributed by atoms with van der Waals surface area (Å²) < 4.78 is 5.18. The maximum Gasteiger partial charge on any atom is 0.225 e. The Balaban J connectivity index is 1.76. The molecule has 0 fully saturated rings. The van der Waals surface area contributed by atoms with Gasteiger partial charge in [-0.15, -0.1) is 0 Å². The summed E-state index contributed by atoms with van der Waals surface area (Å²) in [4.78, 5) is 9.03. The number of anilines is 3. The molecule has 1 heterocycles. The van der Waals surface area contributed by atoms with Crippen LogP contribution in [0.15, 0.2) is 42.5 Å². The smallest absolute Gasteiger partial charge is 0.225 e. The quantitative estimate of drug-likeness (QED) is 0.596. The van der Waals surface area contributed by atoms with E-state index in [2.05, 4.69) is 26.7 Å². The molecule has 3 aromatic rings. The lowest BCUT2D eigenvalue weighted by Gasteiger charge is -2.14. The number of aromatic nitrogens is 2. The number of hydrogen-bond donors (Lipinski definition) is 2. The Labute approximate surface area is 164 Å². The molecule has 0 bridgehead atoms. The summed E-state index contributed by atoms with van der Waals surface area (Å²) in [6, 6.07) is 13.8. The zero-order valence-corrected chi connectivity index (χ0v) is 16.7. The van der Waals surface area contributed by atoms with Crippen molar-refractivity contribution in [3.63, 3.8) is 0 Å². The van der Waals surface area contributed by atoms with Crippen molar-refractivity contribution in [3.8, 4) is 5.75 Å². The first-order valence-electron chi connectivity index (χ1n) is 8.71. The highest BCUT2D eigenvalue weighted by atomic mass is 35.5. The van der Waals surface area contributed by atoms with E-state index in [1.807, 2.05) is 57.2 Å². The Morgan fingerprint density at radius 1 is 1.00 bits per heavy atom. The second-order valence-corrected chi connectivity index (χ2v) is 6.89. The topological polar surface area (TPSA) is 59.1 Å². The molecular formula is C21H23ClN4O. The highest BCUT2D eigenvalue weighted by molar-refractivity contribution is 6.33. The molecule has 1 aromatic heterocycles. The lowest BCUT2D eigenvalue weighted by Crippen LogP contribution is -2.07. The Bertz CT molecular complexity index is 918. The minimum atomic E-state index is 0.564.